The topological polar surface area (TPSA) is 98.7 Å². The molecule has 0 heterocycles. The molecule has 0 unspecified atom stereocenters. The van der Waals surface area contributed by atoms with Crippen molar-refractivity contribution >= 4 is 57.9 Å². The molecule has 37 heavy (non-hydrogen) atoms. The largest absolute Gasteiger partial charge is 0.478 e. The molecule has 0 radical (unpaired) electrons. The van der Waals surface area contributed by atoms with Crippen LogP contribution < -0.4 is 10.6 Å². The molecule has 0 saturated heterocycles. The van der Waals surface area contributed by atoms with Gasteiger partial charge in [-0.1, -0.05) is 35.3 Å². The molecule has 0 fully saturated rings. The first-order valence-electron chi connectivity index (χ1n) is 10.8. The van der Waals surface area contributed by atoms with Crippen LogP contribution in [0.1, 0.15) is 31.8 Å². The van der Waals surface area contributed by atoms with Gasteiger partial charge in [0.25, 0.3) is 0 Å². The Balaban J connectivity index is 1.59. The van der Waals surface area contributed by atoms with E-state index in [0.29, 0.717) is 22.5 Å². The van der Waals surface area contributed by atoms with Crippen LogP contribution in [0.4, 0.5) is 31.5 Å². The van der Waals surface area contributed by atoms with Gasteiger partial charge in [-0.2, -0.15) is 0 Å². The first-order chi connectivity index (χ1) is 17.6. The number of nitrogens with one attached hydrogen (secondary N) is 2. The number of halogens is 4. The van der Waals surface area contributed by atoms with Crippen LogP contribution in [0.5, 0.6) is 0 Å². The maximum absolute atomic E-state index is 13.4. The molecule has 0 aliphatic heterocycles. The zero-order valence-corrected chi connectivity index (χ0v) is 20.4. The van der Waals surface area contributed by atoms with Gasteiger partial charge in [-0.25, -0.2) is 18.4 Å². The van der Waals surface area contributed by atoms with Gasteiger partial charge in [0.2, 0.25) is 0 Å². The second kappa shape index (κ2) is 10.9. The van der Waals surface area contributed by atoms with Crippen molar-refractivity contribution in [1.82, 2.24) is 0 Å². The fourth-order valence-electron chi connectivity index (χ4n) is 3.67. The number of carboxylic acids is 2. The Labute approximate surface area is 220 Å². The maximum Gasteiger partial charge on any atom is 0.337 e. The maximum atomic E-state index is 13.4. The molecule has 4 N–H and O–H groups in total. The van der Waals surface area contributed by atoms with Crippen molar-refractivity contribution < 1.29 is 28.6 Å². The summed E-state index contributed by atoms with van der Waals surface area (Å²) in [6.07, 6.45) is 0.256. The summed E-state index contributed by atoms with van der Waals surface area (Å²) in [5, 5.41) is 25.1. The van der Waals surface area contributed by atoms with Crippen molar-refractivity contribution in [2.24, 2.45) is 0 Å². The third-order valence-electron chi connectivity index (χ3n) is 5.43. The molecule has 0 aromatic heterocycles. The molecule has 0 spiro atoms. The molecule has 0 atom stereocenters. The average Bonchev–Trinajstić information content (AvgIpc) is 2.85. The summed E-state index contributed by atoms with van der Waals surface area (Å²) in [4.78, 5) is 23.8. The Bertz CT molecular complexity index is 1420. The van der Waals surface area contributed by atoms with E-state index in [-0.39, 0.29) is 39.0 Å². The monoisotopic (exact) mass is 542 g/mol. The van der Waals surface area contributed by atoms with Gasteiger partial charge in [-0.05, 0) is 78.2 Å². The number of hydrogen-bond donors (Lipinski definition) is 4. The Morgan fingerprint density at radius 3 is 1.41 bits per heavy atom. The van der Waals surface area contributed by atoms with Crippen LogP contribution in [0.15, 0.2) is 72.8 Å². The number of aromatic carboxylic acids is 2. The smallest absolute Gasteiger partial charge is 0.337 e. The summed E-state index contributed by atoms with van der Waals surface area (Å²) < 4.78 is 26.9. The predicted octanol–water partition coefficient (Wildman–Crippen LogP) is 7.75. The lowest BCUT2D eigenvalue weighted by Crippen LogP contribution is -2.06. The van der Waals surface area contributed by atoms with Crippen LogP contribution in [0.25, 0.3) is 0 Å². The highest BCUT2D eigenvalue weighted by Gasteiger charge is 2.15. The summed E-state index contributed by atoms with van der Waals surface area (Å²) in [5.41, 5.74) is 2.59. The highest BCUT2D eigenvalue weighted by molar-refractivity contribution is 6.31. The lowest BCUT2D eigenvalue weighted by Gasteiger charge is -2.14. The fraction of sp³-hybridized carbons (Fsp3) is 0.0370. The van der Waals surface area contributed by atoms with E-state index < -0.39 is 23.6 Å². The van der Waals surface area contributed by atoms with Crippen molar-refractivity contribution in [3.8, 4) is 0 Å². The van der Waals surface area contributed by atoms with Crippen LogP contribution in [0.2, 0.25) is 10.0 Å². The second-order valence-corrected chi connectivity index (χ2v) is 8.87. The Morgan fingerprint density at radius 2 is 1.05 bits per heavy atom. The molecule has 10 heteroatoms. The third-order valence-corrected chi connectivity index (χ3v) is 6.01. The van der Waals surface area contributed by atoms with E-state index in [1.54, 1.807) is 24.3 Å². The molecule has 6 nitrogen and oxygen atoms in total. The highest BCUT2D eigenvalue weighted by atomic mass is 35.5. The van der Waals surface area contributed by atoms with Crippen molar-refractivity contribution in [2.45, 2.75) is 6.42 Å². The zero-order chi connectivity index (χ0) is 26.7. The standard InChI is InChI=1S/C27H18Cl2F2N2O4/c28-20-12-16(3-5-22(20)30)32-24-7-1-14(10-18(24)26(34)35)9-15-2-8-25(19(11-15)27(36)37)33-17-4-6-23(31)21(29)13-17/h1-8,10-13,32-33H,9H2,(H,34,35)(H,36,37). The fourth-order valence-corrected chi connectivity index (χ4v) is 4.03. The summed E-state index contributed by atoms with van der Waals surface area (Å²) in [6, 6.07) is 17.4. The molecule has 0 saturated carbocycles. The molecule has 0 bridgehead atoms. The molecule has 4 aromatic rings. The number of benzene rings is 4. The molecule has 0 amide bonds. The average molecular weight is 543 g/mol. The van der Waals surface area contributed by atoms with Crippen molar-refractivity contribution in [1.29, 1.82) is 0 Å². The Hall–Kier alpha value is -4.14. The Kier molecular flexibility index (Phi) is 7.61. The van der Waals surface area contributed by atoms with E-state index in [1.165, 1.54) is 48.5 Å². The van der Waals surface area contributed by atoms with Crippen LogP contribution in [0, 0.1) is 11.6 Å². The zero-order valence-electron chi connectivity index (χ0n) is 18.9. The highest BCUT2D eigenvalue weighted by Crippen LogP contribution is 2.29. The molecular weight excluding hydrogens is 525 g/mol. The number of carboxylic acid groups (broad SMARTS) is 2. The van der Waals surface area contributed by atoms with E-state index in [9.17, 15) is 28.6 Å². The second-order valence-electron chi connectivity index (χ2n) is 8.05. The van der Waals surface area contributed by atoms with Gasteiger partial charge in [0.1, 0.15) is 11.6 Å². The van der Waals surface area contributed by atoms with E-state index in [0.717, 1.165) is 0 Å². The van der Waals surface area contributed by atoms with Gasteiger partial charge in [0.05, 0.1) is 32.5 Å². The number of carbonyl (C=O) groups is 2. The Morgan fingerprint density at radius 1 is 0.649 bits per heavy atom. The van der Waals surface area contributed by atoms with Gasteiger partial charge < -0.3 is 20.8 Å². The number of anilines is 4. The number of rotatable bonds is 8. The predicted molar refractivity (Wildman–Crippen MR) is 139 cm³/mol. The van der Waals surface area contributed by atoms with Crippen molar-refractivity contribution in [3.63, 3.8) is 0 Å². The number of hydrogen-bond acceptors (Lipinski definition) is 4. The summed E-state index contributed by atoms with van der Waals surface area (Å²) in [6.45, 7) is 0. The minimum Gasteiger partial charge on any atom is -0.478 e. The van der Waals surface area contributed by atoms with Gasteiger partial charge in [0.15, 0.2) is 0 Å². The third kappa shape index (κ3) is 6.17. The molecular formula is C27H18Cl2F2N2O4. The molecule has 4 rings (SSSR count). The van der Waals surface area contributed by atoms with E-state index in [1.807, 2.05) is 0 Å². The van der Waals surface area contributed by atoms with Crippen LogP contribution in [0.3, 0.4) is 0 Å². The molecule has 0 aliphatic rings. The van der Waals surface area contributed by atoms with Gasteiger partial charge >= 0.3 is 11.9 Å². The summed E-state index contributed by atoms with van der Waals surface area (Å²) >= 11 is 11.6. The van der Waals surface area contributed by atoms with E-state index in [4.69, 9.17) is 23.2 Å². The molecule has 188 valence electrons. The SMILES string of the molecule is O=C(O)c1cc(Cc2ccc(Nc3ccc(F)c(Cl)c3)c(C(=O)O)c2)ccc1Nc1ccc(F)c(Cl)c1. The minimum absolute atomic E-state index is 0.0251. The van der Waals surface area contributed by atoms with Crippen molar-refractivity contribution in [3.05, 3.63) is 117 Å². The van der Waals surface area contributed by atoms with Gasteiger partial charge in [-0.15, -0.1) is 0 Å². The quantitative estimate of drug-likeness (QED) is 0.181. The lowest BCUT2D eigenvalue weighted by molar-refractivity contribution is 0.0687. The van der Waals surface area contributed by atoms with Crippen LogP contribution >= 0.6 is 23.2 Å². The minimum atomic E-state index is -1.18. The normalized spacial score (nSPS) is 10.7. The van der Waals surface area contributed by atoms with E-state index in [2.05, 4.69) is 10.6 Å². The van der Waals surface area contributed by atoms with Crippen molar-refractivity contribution in [2.75, 3.05) is 10.6 Å². The van der Waals surface area contributed by atoms with Gasteiger partial charge in [0, 0.05) is 11.4 Å². The molecule has 0 aliphatic carbocycles. The van der Waals surface area contributed by atoms with E-state index >= 15 is 0 Å². The first kappa shape index (κ1) is 25.9. The summed E-state index contributed by atoms with van der Waals surface area (Å²) in [5.74, 6) is -3.54. The van der Waals surface area contributed by atoms with Crippen LogP contribution in [-0.2, 0) is 6.42 Å². The van der Waals surface area contributed by atoms with Gasteiger partial charge in [-0.3, -0.25) is 0 Å². The molecule has 4 aromatic carbocycles. The first-order valence-corrected chi connectivity index (χ1v) is 11.5. The summed E-state index contributed by atoms with van der Waals surface area (Å²) in [7, 11) is 0. The van der Waals surface area contributed by atoms with Crippen LogP contribution in [-0.4, -0.2) is 22.2 Å². The lowest BCUT2D eigenvalue weighted by atomic mass is 9.99.